The van der Waals surface area contributed by atoms with Crippen LogP contribution in [-0.2, 0) is 17.8 Å². The summed E-state index contributed by atoms with van der Waals surface area (Å²) in [6.45, 7) is 1.18. The third-order valence-electron chi connectivity index (χ3n) is 4.22. The van der Waals surface area contributed by atoms with Crippen LogP contribution < -0.4 is 10.2 Å². The summed E-state index contributed by atoms with van der Waals surface area (Å²) in [5.74, 6) is 1.01. The van der Waals surface area contributed by atoms with E-state index in [1.807, 2.05) is 19.2 Å². The maximum atomic E-state index is 12.3. The number of nitrogens with one attached hydrogen (secondary N) is 2. The lowest BCUT2D eigenvalue weighted by Crippen LogP contribution is -3.08. The maximum absolute atomic E-state index is 12.3. The fourth-order valence-electron chi connectivity index (χ4n) is 3.20. The highest BCUT2D eigenvalue weighted by atomic mass is 16.3. The van der Waals surface area contributed by atoms with Crippen molar-refractivity contribution in [3.8, 4) is 0 Å². The molecule has 1 amide bonds. The van der Waals surface area contributed by atoms with Gasteiger partial charge in [-0.25, -0.2) is 0 Å². The average molecular weight is 299 g/mol. The standard InChI is InChI=1S/C18H22N2O2/c1-20(12-15-8-5-11-22-15)13-18(21)19-17-10-4-7-14-6-2-3-9-16(14)17/h2-3,5-6,8-9,11,17H,4,7,10,12-13H2,1H3,(H,19,21)/p+1/t17-/m0/s1. The summed E-state index contributed by atoms with van der Waals surface area (Å²) >= 11 is 0. The van der Waals surface area contributed by atoms with Crippen molar-refractivity contribution in [2.75, 3.05) is 13.6 Å². The zero-order valence-electron chi connectivity index (χ0n) is 13.0. The smallest absolute Gasteiger partial charge is 0.275 e. The topological polar surface area (TPSA) is 46.7 Å². The molecule has 1 aromatic heterocycles. The van der Waals surface area contributed by atoms with E-state index in [9.17, 15) is 4.79 Å². The van der Waals surface area contributed by atoms with E-state index in [0.29, 0.717) is 6.54 Å². The minimum absolute atomic E-state index is 0.103. The lowest BCUT2D eigenvalue weighted by Gasteiger charge is -2.26. The molecule has 1 aliphatic carbocycles. The Morgan fingerprint density at radius 2 is 2.18 bits per heavy atom. The number of amides is 1. The van der Waals surface area contributed by atoms with E-state index in [1.165, 1.54) is 11.1 Å². The maximum Gasteiger partial charge on any atom is 0.275 e. The molecule has 2 atom stereocenters. The van der Waals surface area contributed by atoms with Crippen LogP contribution in [-0.4, -0.2) is 19.5 Å². The van der Waals surface area contributed by atoms with Gasteiger partial charge in [0.15, 0.2) is 12.3 Å². The molecule has 0 saturated heterocycles. The van der Waals surface area contributed by atoms with E-state index in [2.05, 4.69) is 29.6 Å². The Labute approximate surface area is 131 Å². The van der Waals surface area contributed by atoms with E-state index < -0.39 is 0 Å². The van der Waals surface area contributed by atoms with Crippen LogP contribution in [0.5, 0.6) is 0 Å². The van der Waals surface area contributed by atoms with Gasteiger partial charge in [-0.2, -0.15) is 0 Å². The fourth-order valence-corrected chi connectivity index (χ4v) is 3.20. The van der Waals surface area contributed by atoms with Crippen molar-refractivity contribution < 1.29 is 14.1 Å². The first kappa shape index (κ1) is 14.9. The van der Waals surface area contributed by atoms with Crippen LogP contribution in [0.1, 0.15) is 35.8 Å². The molecule has 2 aromatic rings. The van der Waals surface area contributed by atoms with E-state index in [4.69, 9.17) is 4.42 Å². The second-order valence-corrected chi connectivity index (χ2v) is 6.10. The van der Waals surface area contributed by atoms with Crippen molar-refractivity contribution in [3.63, 3.8) is 0 Å². The van der Waals surface area contributed by atoms with Crippen LogP contribution in [0.4, 0.5) is 0 Å². The monoisotopic (exact) mass is 299 g/mol. The molecule has 0 radical (unpaired) electrons. The number of aryl methyl sites for hydroxylation is 1. The molecule has 1 unspecified atom stereocenters. The molecular weight excluding hydrogens is 276 g/mol. The molecule has 0 aliphatic heterocycles. The number of hydrogen-bond acceptors (Lipinski definition) is 2. The van der Waals surface area contributed by atoms with Crippen LogP contribution in [0.15, 0.2) is 47.1 Å². The Balaban J connectivity index is 1.56. The predicted molar refractivity (Wildman–Crippen MR) is 84.4 cm³/mol. The molecule has 4 nitrogen and oxygen atoms in total. The normalized spacial score (nSPS) is 18.5. The van der Waals surface area contributed by atoms with Crippen LogP contribution in [0.3, 0.4) is 0 Å². The number of fused-ring (bicyclic) bond motifs is 1. The first-order chi connectivity index (χ1) is 10.7. The number of quaternary nitrogens is 1. The van der Waals surface area contributed by atoms with Gasteiger partial charge in [-0.15, -0.1) is 0 Å². The van der Waals surface area contributed by atoms with Crippen LogP contribution in [0.25, 0.3) is 0 Å². The van der Waals surface area contributed by atoms with Crippen LogP contribution in [0.2, 0.25) is 0 Å². The highest BCUT2D eigenvalue weighted by Gasteiger charge is 2.22. The Bertz CT molecular complexity index is 622. The first-order valence-electron chi connectivity index (χ1n) is 7.93. The molecule has 0 spiro atoms. The number of benzene rings is 1. The summed E-state index contributed by atoms with van der Waals surface area (Å²) in [5.41, 5.74) is 2.65. The van der Waals surface area contributed by atoms with Crippen LogP contribution >= 0.6 is 0 Å². The summed E-state index contributed by atoms with van der Waals surface area (Å²) in [6, 6.07) is 12.4. The summed E-state index contributed by atoms with van der Waals surface area (Å²) in [6.07, 6.45) is 4.95. The lowest BCUT2D eigenvalue weighted by molar-refractivity contribution is -0.886. The number of furan rings is 1. The Morgan fingerprint density at radius 3 is 3.00 bits per heavy atom. The van der Waals surface area contributed by atoms with Crippen LogP contribution in [0, 0.1) is 0 Å². The van der Waals surface area contributed by atoms with Crippen molar-refractivity contribution in [2.24, 2.45) is 0 Å². The van der Waals surface area contributed by atoms with Crippen molar-refractivity contribution in [2.45, 2.75) is 31.8 Å². The second kappa shape index (κ2) is 6.79. The Morgan fingerprint density at radius 1 is 1.32 bits per heavy atom. The highest BCUT2D eigenvalue weighted by molar-refractivity contribution is 5.77. The van der Waals surface area contributed by atoms with E-state index in [-0.39, 0.29) is 11.9 Å². The highest BCUT2D eigenvalue weighted by Crippen LogP contribution is 2.29. The van der Waals surface area contributed by atoms with Gasteiger partial charge in [0.25, 0.3) is 5.91 Å². The van der Waals surface area contributed by atoms with Crippen molar-refractivity contribution in [1.82, 2.24) is 5.32 Å². The summed E-state index contributed by atoms with van der Waals surface area (Å²) < 4.78 is 5.33. The average Bonchev–Trinajstić information content (AvgIpc) is 3.00. The van der Waals surface area contributed by atoms with E-state index in [1.54, 1.807) is 6.26 Å². The number of rotatable bonds is 5. The van der Waals surface area contributed by atoms with Crippen molar-refractivity contribution >= 4 is 5.91 Å². The third-order valence-corrected chi connectivity index (χ3v) is 4.22. The van der Waals surface area contributed by atoms with Gasteiger partial charge in [0.1, 0.15) is 6.54 Å². The van der Waals surface area contributed by atoms with Gasteiger partial charge < -0.3 is 14.6 Å². The van der Waals surface area contributed by atoms with E-state index in [0.717, 1.165) is 36.5 Å². The Kier molecular flexibility index (Phi) is 4.59. The fraction of sp³-hybridized carbons (Fsp3) is 0.389. The summed E-state index contributed by atoms with van der Waals surface area (Å²) in [7, 11) is 2.01. The molecule has 1 aromatic carbocycles. The zero-order valence-corrected chi connectivity index (χ0v) is 13.0. The number of carbonyl (C=O) groups excluding carboxylic acids is 1. The molecule has 3 rings (SSSR count). The molecule has 22 heavy (non-hydrogen) atoms. The zero-order chi connectivity index (χ0) is 15.4. The van der Waals surface area contributed by atoms with Gasteiger partial charge in [-0.3, -0.25) is 4.79 Å². The summed E-state index contributed by atoms with van der Waals surface area (Å²) in [4.78, 5) is 13.4. The van der Waals surface area contributed by atoms with Gasteiger partial charge in [0.05, 0.1) is 19.4 Å². The predicted octanol–water partition coefficient (Wildman–Crippen LogP) is 1.49. The van der Waals surface area contributed by atoms with Gasteiger partial charge in [-0.05, 0) is 42.5 Å². The van der Waals surface area contributed by atoms with Gasteiger partial charge in [0, 0.05) is 0 Å². The first-order valence-corrected chi connectivity index (χ1v) is 7.93. The molecule has 0 fully saturated rings. The molecular formula is C18H23N2O2+. The SMILES string of the molecule is C[NH+](CC(=O)N[C@H]1CCCc2ccccc21)Cc1ccco1. The number of carbonyl (C=O) groups is 1. The molecule has 0 bridgehead atoms. The minimum Gasteiger partial charge on any atom is -0.463 e. The second-order valence-electron chi connectivity index (χ2n) is 6.10. The molecule has 4 heteroatoms. The molecule has 116 valence electrons. The number of likely N-dealkylation sites (N-methyl/N-ethyl adjacent to an activating group) is 1. The molecule has 1 heterocycles. The number of hydrogen-bond donors (Lipinski definition) is 2. The van der Waals surface area contributed by atoms with E-state index >= 15 is 0 Å². The molecule has 0 saturated carbocycles. The third kappa shape index (κ3) is 3.57. The molecule has 1 aliphatic rings. The van der Waals surface area contributed by atoms with Gasteiger partial charge in [0.2, 0.25) is 0 Å². The van der Waals surface area contributed by atoms with Crippen molar-refractivity contribution in [3.05, 3.63) is 59.5 Å². The molecule has 2 N–H and O–H groups in total. The van der Waals surface area contributed by atoms with Gasteiger partial charge in [-0.1, -0.05) is 24.3 Å². The van der Waals surface area contributed by atoms with Crippen molar-refractivity contribution in [1.29, 1.82) is 0 Å². The largest absolute Gasteiger partial charge is 0.463 e. The summed E-state index contributed by atoms with van der Waals surface area (Å²) in [5, 5.41) is 3.20. The Hall–Kier alpha value is -2.07. The quantitative estimate of drug-likeness (QED) is 0.879. The lowest BCUT2D eigenvalue weighted by atomic mass is 9.88. The minimum atomic E-state index is 0.103. The van der Waals surface area contributed by atoms with Gasteiger partial charge >= 0.3 is 0 Å².